The molecule has 0 aliphatic carbocycles. The van der Waals surface area contributed by atoms with Crippen molar-refractivity contribution in [2.75, 3.05) is 0 Å². The topological polar surface area (TPSA) is 20.3 Å². The molecule has 1 aliphatic heterocycles. The Bertz CT molecular complexity index is 1010. The predicted octanol–water partition coefficient (Wildman–Crippen LogP) is 6.15. The first kappa shape index (κ1) is 19.6. The van der Waals surface area contributed by atoms with Gasteiger partial charge in [0.1, 0.15) is 6.29 Å². The zero-order chi connectivity index (χ0) is 20.4. The third-order valence-electron chi connectivity index (χ3n) is 5.77. The van der Waals surface area contributed by atoms with E-state index < -0.39 is 17.8 Å². The maximum atomic E-state index is 13.6. The Hall–Kier alpha value is -2.66. The number of hydrogen-bond acceptors (Lipinski definition) is 2. The van der Waals surface area contributed by atoms with Crippen molar-refractivity contribution in [3.63, 3.8) is 0 Å². The zero-order valence-electron chi connectivity index (χ0n) is 15.9. The van der Waals surface area contributed by atoms with E-state index in [4.69, 9.17) is 0 Å². The van der Waals surface area contributed by atoms with Crippen LogP contribution in [0.25, 0.3) is 10.8 Å². The van der Waals surface area contributed by atoms with E-state index in [-0.39, 0.29) is 11.6 Å². The van der Waals surface area contributed by atoms with Gasteiger partial charge in [-0.05, 0) is 53.3 Å². The maximum absolute atomic E-state index is 13.6. The van der Waals surface area contributed by atoms with Crippen molar-refractivity contribution < 1.29 is 18.0 Å². The van der Waals surface area contributed by atoms with Gasteiger partial charge >= 0.3 is 6.18 Å². The van der Waals surface area contributed by atoms with Crippen LogP contribution in [0.4, 0.5) is 13.2 Å². The lowest BCUT2D eigenvalue weighted by atomic mass is 9.88. The largest absolute Gasteiger partial charge is 0.416 e. The van der Waals surface area contributed by atoms with Crippen LogP contribution in [0.1, 0.15) is 42.0 Å². The number of alkyl halides is 3. The molecule has 29 heavy (non-hydrogen) atoms. The van der Waals surface area contributed by atoms with Crippen LogP contribution in [0.15, 0.2) is 66.7 Å². The van der Waals surface area contributed by atoms with Gasteiger partial charge in [0.05, 0.1) is 11.6 Å². The first-order chi connectivity index (χ1) is 14.0. The van der Waals surface area contributed by atoms with Crippen LogP contribution in [-0.2, 0) is 17.5 Å². The van der Waals surface area contributed by atoms with Crippen molar-refractivity contribution in [1.29, 1.82) is 0 Å². The molecule has 3 aromatic carbocycles. The van der Waals surface area contributed by atoms with Crippen LogP contribution < -0.4 is 0 Å². The quantitative estimate of drug-likeness (QED) is 0.492. The standard InChI is InChI=1S/C24H22F3NO/c25-24(26,27)22-10-4-3-9-21(22)23-11-5-8-20(16-29)28(23)15-17-12-13-18-6-1-2-7-19(18)14-17/h1-4,6-7,9-10,12-14,16,20,23H,5,8,11,15H2. The highest BCUT2D eigenvalue weighted by molar-refractivity contribution is 5.83. The van der Waals surface area contributed by atoms with Gasteiger partial charge in [-0.3, -0.25) is 4.90 Å². The normalized spacial score (nSPS) is 20.7. The SMILES string of the molecule is O=CC1CCCC(c2ccccc2C(F)(F)F)N1Cc1ccc2ccccc2c1. The van der Waals surface area contributed by atoms with Crippen molar-refractivity contribution in [2.45, 2.75) is 44.1 Å². The number of aldehydes is 1. The number of carbonyl (C=O) groups excluding carboxylic acids is 1. The molecule has 1 saturated heterocycles. The highest BCUT2D eigenvalue weighted by Crippen LogP contribution is 2.41. The third kappa shape index (κ3) is 4.06. The number of fused-ring (bicyclic) bond motifs is 1. The van der Waals surface area contributed by atoms with Crippen LogP contribution in [0.5, 0.6) is 0 Å². The molecule has 2 atom stereocenters. The summed E-state index contributed by atoms with van der Waals surface area (Å²) in [6.07, 6.45) is -1.54. The van der Waals surface area contributed by atoms with Gasteiger partial charge in [-0.25, -0.2) is 0 Å². The van der Waals surface area contributed by atoms with E-state index in [0.29, 0.717) is 19.4 Å². The molecule has 0 saturated carbocycles. The number of benzene rings is 3. The monoisotopic (exact) mass is 397 g/mol. The number of nitrogens with zero attached hydrogens (tertiary/aromatic N) is 1. The van der Waals surface area contributed by atoms with E-state index in [1.807, 2.05) is 41.3 Å². The minimum atomic E-state index is -4.42. The number of likely N-dealkylation sites (tertiary alicyclic amines) is 1. The lowest BCUT2D eigenvalue weighted by Crippen LogP contribution is -2.42. The Morgan fingerprint density at radius 1 is 0.931 bits per heavy atom. The van der Waals surface area contributed by atoms with Crippen molar-refractivity contribution in [2.24, 2.45) is 0 Å². The molecule has 1 aliphatic rings. The summed E-state index contributed by atoms with van der Waals surface area (Å²) in [5, 5.41) is 2.19. The molecule has 5 heteroatoms. The minimum absolute atomic E-state index is 0.257. The molecule has 1 heterocycles. The fourth-order valence-corrected chi connectivity index (χ4v) is 4.38. The van der Waals surface area contributed by atoms with E-state index in [2.05, 4.69) is 6.07 Å². The highest BCUT2D eigenvalue weighted by Gasteiger charge is 2.39. The number of piperidine rings is 1. The van der Waals surface area contributed by atoms with Crippen LogP contribution in [-0.4, -0.2) is 17.2 Å². The molecule has 0 amide bonds. The number of rotatable bonds is 4. The van der Waals surface area contributed by atoms with Gasteiger partial charge in [0, 0.05) is 12.6 Å². The summed E-state index contributed by atoms with van der Waals surface area (Å²) in [5.74, 6) is 0. The molecule has 0 spiro atoms. The van der Waals surface area contributed by atoms with E-state index in [9.17, 15) is 18.0 Å². The summed E-state index contributed by atoms with van der Waals surface area (Å²) in [6, 6.07) is 18.9. The van der Waals surface area contributed by atoms with Crippen molar-refractivity contribution in [3.05, 3.63) is 83.4 Å². The van der Waals surface area contributed by atoms with E-state index in [1.54, 1.807) is 12.1 Å². The van der Waals surface area contributed by atoms with Gasteiger partial charge in [0.2, 0.25) is 0 Å². The molecule has 2 unspecified atom stereocenters. The summed E-state index contributed by atoms with van der Waals surface area (Å²) in [5.41, 5.74) is 0.638. The summed E-state index contributed by atoms with van der Waals surface area (Å²) in [7, 11) is 0. The van der Waals surface area contributed by atoms with Gasteiger partial charge in [-0.1, -0.05) is 54.6 Å². The van der Waals surface area contributed by atoms with Crippen molar-refractivity contribution >= 4 is 17.1 Å². The second kappa shape index (κ2) is 7.99. The fourth-order valence-electron chi connectivity index (χ4n) is 4.38. The Kier molecular flexibility index (Phi) is 5.41. The Labute approximate surface area is 168 Å². The molecule has 3 aromatic rings. The van der Waals surface area contributed by atoms with Gasteiger partial charge in [-0.15, -0.1) is 0 Å². The lowest BCUT2D eigenvalue weighted by molar-refractivity contribution is -0.139. The maximum Gasteiger partial charge on any atom is 0.416 e. The van der Waals surface area contributed by atoms with Gasteiger partial charge in [-0.2, -0.15) is 13.2 Å². The van der Waals surface area contributed by atoms with Crippen molar-refractivity contribution in [1.82, 2.24) is 4.90 Å². The molecule has 0 N–H and O–H groups in total. The molecule has 0 aromatic heterocycles. The third-order valence-corrected chi connectivity index (χ3v) is 5.77. The molecular weight excluding hydrogens is 375 g/mol. The molecule has 4 rings (SSSR count). The molecule has 0 radical (unpaired) electrons. The molecule has 2 nitrogen and oxygen atoms in total. The average Bonchev–Trinajstić information content (AvgIpc) is 2.73. The van der Waals surface area contributed by atoms with Crippen LogP contribution in [0, 0.1) is 0 Å². The summed E-state index contributed by atoms with van der Waals surface area (Å²) in [6.45, 7) is 0.436. The highest BCUT2D eigenvalue weighted by atomic mass is 19.4. The molecule has 0 bridgehead atoms. The molecule has 1 fully saturated rings. The smallest absolute Gasteiger partial charge is 0.302 e. The average molecular weight is 397 g/mol. The molecular formula is C24H22F3NO. The second-order valence-electron chi connectivity index (χ2n) is 7.59. The fraction of sp³-hybridized carbons (Fsp3) is 0.292. The number of halogens is 3. The molecule has 150 valence electrons. The minimum Gasteiger partial charge on any atom is -0.302 e. The first-order valence-electron chi connectivity index (χ1n) is 9.82. The van der Waals surface area contributed by atoms with E-state index >= 15 is 0 Å². The lowest BCUT2D eigenvalue weighted by Gasteiger charge is -2.41. The van der Waals surface area contributed by atoms with Crippen molar-refractivity contribution in [3.8, 4) is 0 Å². The zero-order valence-corrected chi connectivity index (χ0v) is 15.9. The van der Waals surface area contributed by atoms with Gasteiger partial charge < -0.3 is 4.79 Å². The Morgan fingerprint density at radius 2 is 1.66 bits per heavy atom. The first-order valence-corrected chi connectivity index (χ1v) is 9.82. The predicted molar refractivity (Wildman–Crippen MR) is 107 cm³/mol. The van der Waals surface area contributed by atoms with Crippen LogP contribution >= 0.6 is 0 Å². The van der Waals surface area contributed by atoms with Gasteiger partial charge in [0.25, 0.3) is 0 Å². The van der Waals surface area contributed by atoms with Gasteiger partial charge in [0.15, 0.2) is 0 Å². The Balaban J connectivity index is 1.72. The van der Waals surface area contributed by atoms with E-state index in [0.717, 1.165) is 35.1 Å². The van der Waals surface area contributed by atoms with Crippen LogP contribution in [0.2, 0.25) is 0 Å². The number of hydrogen-bond donors (Lipinski definition) is 0. The number of carbonyl (C=O) groups is 1. The summed E-state index contributed by atoms with van der Waals surface area (Å²) in [4.78, 5) is 13.7. The summed E-state index contributed by atoms with van der Waals surface area (Å²) < 4.78 is 40.9. The van der Waals surface area contributed by atoms with E-state index in [1.165, 1.54) is 6.07 Å². The summed E-state index contributed by atoms with van der Waals surface area (Å²) >= 11 is 0. The van der Waals surface area contributed by atoms with Crippen LogP contribution in [0.3, 0.4) is 0 Å². The second-order valence-corrected chi connectivity index (χ2v) is 7.59. The Morgan fingerprint density at radius 3 is 2.41 bits per heavy atom.